The fourth-order valence-corrected chi connectivity index (χ4v) is 2.47. The molecule has 0 bridgehead atoms. The Morgan fingerprint density at radius 2 is 2.10 bits per heavy atom. The van der Waals surface area contributed by atoms with Crippen LogP contribution in [0.25, 0.3) is 0 Å². The second-order valence-corrected chi connectivity index (χ2v) is 6.03. The summed E-state index contributed by atoms with van der Waals surface area (Å²) in [6, 6.07) is 10.3. The Hall–Kier alpha value is -1.34. The van der Waals surface area contributed by atoms with E-state index in [0.29, 0.717) is 11.3 Å². The van der Waals surface area contributed by atoms with Crippen LogP contribution in [0.2, 0.25) is 5.02 Å². The van der Waals surface area contributed by atoms with Crippen LogP contribution >= 0.6 is 34.2 Å². The molecular weight excluding hydrogens is 408 g/mol. The van der Waals surface area contributed by atoms with Gasteiger partial charge in [-0.15, -0.1) is 0 Å². The Kier molecular flexibility index (Phi) is 5.41. The van der Waals surface area contributed by atoms with E-state index in [2.05, 4.69) is 22.6 Å². The van der Waals surface area contributed by atoms with E-state index in [-0.39, 0.29) is 23.6 Å². The number of carbonyl (C=O) groups excluding carboxylic acids is 1. The Morgan fingerprint density at radius 1 is 1.33 bits per heavy atom. The van der Waals surface area contributed by atoms with Gasteiger partial charge in [-0.2, -0.15) is 0 Å². The Morgan fingerprint density at radius 3 is 2.76 bits per heavy atom. The molecule has 2 aromatic rings. The number of amides is 1. The molecule has 3 nitrogen and oxygen atoms in total. The molecule has 0 spiro atoms. The lowest BCUT2D eigenvalue weighted by Crippen LogP contribution is -2.11. The number of primary amides is 1. The molecule has 0 fully saturated rings. The van der Waals surface area contributed by atoms with Crippen LogP contribution < -0.4 is 10.5 Å². The summed E-state index contributed by atoms with van der Waals surface area (Å²) in [5, 5.41) is 0.175. The van der Waals surface area contributed by atoms with Crippen molar-refractivity contribution in [3.8, 4) is 11.5 Å². The van der Waals surface area contributed by atoms with E-state index in [0.717, 1.165) is 3.57 Å². The van der Waals surface area contributed by atoms with Gasteiger partial charge in [0.2, 0.25) is 5.91 Å². The van der Waals surface area contributed by atoms with Gasteiger partial charge in [-0.1, -0.05) is 23.7 Å². The van der Waals surface area contributed by atoms with Crippen LogP contribution in [-0.2, 0) is 11.2 Å². The lowest BCUT2D eigenvalue weighted by Gasteiger charge is -2.11. The maximum atomic E-state index is 14.4. The van der Waals surface area contributed by atoms with Gasteiger partial charge in [-0.25, -0.2) is 4.39 Å². The number of benzene rings is 2. The largest absolute Gasteiger partial charge is 0.453 e. The molecular formula is C15H12ClFINO2. The molecule has 0 saturated heterocycles. The van der Waals surface area contributed by atoms with Crippen molar-refractivity contribution in [1.82, 2.24) is 0 Å². The van der Waals surface area contributed by atoms with E-state index in [1.165, 1.54) is 6.07 Å². The highest BCUT2D eigenvalue weighted by Gasteiger charge is 2.15. The molecule has 0 atom stereocenters. The fraction of sp³-hybridized carbons (Fsp3) is 0.133. The number of ether oxygens (including phenoxy) is 1. The normalized spacial score (nSPS) is 10.4. The third-order valence-electron chi connectivity index (χ3n) is 2.79. The second kappa shape index (κ2) is 7.09. The number of hydrogen-bond donors (Lipinski definition) is 1. The van der Waals surface area contributed by atoms with Crippen molar-refractivity contribution < 1.29 is 13.9 Å². The summed E-state index contributed by atoms with van der Waals surface area (Å²) >= 11 is 8.13. The smallest absolute Gasteiger partial charge is 0.217 e. The SMILES string of the molecule is NC(=O)CCc1ccc(Cl)c(Oc2cccc(I)c2)c1F. The summed E-state index contributed by atoms with van der Waals surface area (Å²) in [6.45, 7) is 0. The van der Waals surface area contributed by atoms with Crippen molar-refractivity contribution in [2.75, 3.05) is 0 Å². The van der Waals surface area contributed by atoms with E-state index >= 15 is 0 Å². The van der Waals surface area contributed by atoms with Crippen LogP contribution in [-0.4, -0.2) is 5.91 Å². The predicted octanol–water partition coefficient (Wildman–Crippen LogP) is 4.29. The molecule has 2 N–H and O–H groups in total. The summed E-state index contributed by atoms with van der Waals surface area (Å²) in [4.78, 5) is 10.8. The molecule has 0 unspecified atom stereocenters. The molecule has 110 valence electrons. The van der Waals surface area contributed by atoms with Gasteiger partial charge in [0.15, 0.2) is 11.6 Å². The average molecular weight is 420 g/mol. The van der Waals surface area contributed by atoms with Crippen LogP contribution in [0.1, 0.15) is 12.0 Å². The molecule has 6 heteroatoms. The average Bonchev–Trinajstić information content (AvgIpc) is 2.42. The number of aryl methyl sites for hydroxylation is 1. The van der Waals surface area contributed by atoms with Crippen LogP contribution in [0.4, 0.5) is 4.39 Å². The van der Waals surface area contributed by atoms with Gasteiger partial charge in [0, 0.05) is 9.99 Å². The third-order valence-corrected chi connectivity index (χ3v) is 3.75. The highest BCUT2D eigenvalue weighted by molar-refractivity contribution is 14.1. The summed E-state index contributed by atoms with van der Waals surface area (Å²) in [5.74, 6) is -0.595. The molecule has 0 aliphatic heterocycles. The first-order valence-electron chi connectivity index (χ1n) is 6.16. The molecule has 0 heterocycles. The van der Waals surface area contributed by atoms with Crippen LogP contribution in [0.15, 0.2) is 36.4 Å². The lowest BCUT2D eigenvalue weighted by atomic mass is 10.1. The molecule has 0 aliphatic carbocycles. The zero-order valence-electron chi connectivity index (χ0n) is 10.9. The van der Waals surface area contributed by atoms with Crippen LogP contribution in [0.3, 0.4) is 0 Å². The van der Waals surface area contributed by atoms with E-state index in [1.807, 2.05) is 6.07 Å². The maximum absolute atomic E-state index is 14.4. The first-order chi connectivity index (χ1) is 9.97. The van der Waals surface area contributed by atoms with Crippen molar-refractivity contribution in [3.63, 3.8) is 0 Å². The molecule has 2 rings (SSSR count). The lowest BCUT2D eigenvalue weighted by molar-refractivity contribution is -0.117. The fourth-order valence-electron chi connectivity index (χ4n) is 1.77. The van der Waals surface area contributed by atoms with Gasteiger partial charge >= 0.3 is 0 Å². The highest BCUT2D eigenvalue weighted by Crippen LogP contribution is 2.34. The van der Waals surface area contributed by atoms with E-state index in [4.69, 9.17) is 22.1 Å². The standard InChI is InChI=1S/C15H12ClFINO2/c16-12-6-4-9(5-7-13(19)20)14(17)15(12)21-11-3-1-2-10(18)8-11/h1-4,6,8H,5,7H2,(H2,19,20). The van der Waals surface area contributed by atoms with Crippen molar-refractivity contribution >= 4 is 40.1 Å². The Balaban J connectivity index is 2.29. The zero-order chi connectivity index (χ0) is 15.4. The monoisotopic (exact) mass is 419 g/mol. The van der Waals surface area contributed by atoms with Gasteiger partial charge in [0.1, 0.15) is 5.75 Å². The number of nitrogens with two attached hydrogens (primary N) is 1. The van der Waals surface area contributed by atoms with E-state index < -0.39 is 11.7 Å². The number of hydrogen-bond acceptors (Lipinski definition) is 2. The van der Waals surface area contributed by atoms with Gasteiger partial charge in [-0.05, 0) is 58.8 Å². The summed E-state index contributed by atoms with van der Waals surface area (Å²) < 4.78 is 20.9. The minimum atomic E-state index is -0.567. The first kappa shape index (κ1) is 16.0. The minimum absolute atomic E-state index is 0.0411. The molecule has 0 aromatic heterocycles. The molecule has 21 heavy (non-hydrogen) atoms. The summed E-state index contributed by atoms with van der Waals surface area (Å²) in [7, 11) is 0. The van der Waals surface area contributed by atoms with Crippen molar-refractivity contribution in [2.45, 2.75) is 12.8 Å². The molecule has 0 aliphatic rings. The quantitative estimate of drug-likeness (QED) is 0.735. The highest BCUT2D eigenvalue weighted by atomic mass is 127. The van der Waals surface area contributed by atoms with Crippen molar-refractivity contribution in [2.24, 2.45) is 5.73 Å². The van der Waals surface area contributed by atoms with Crippen molar-refractivity contribution in [3.05, 3.63) is 56.4 Å². The van der Waals surface area contributed by atoms with Crippen LogP contribution in [0, 0.1) is 9.39 Å². The number of carbonyl (C=O) groups is 1. The Bertz CT molecular complexity index is 679. The number of rotatable bonds is 5. The molecule has 2 aromatic carbocycles. The molecule has 0 saturated carbocycles. The third kappa shape index (κ3) is 4.31. The van der Waals surface area contributed by atoms with Gasteiger partial charge in [0.05, 0.1) is 5.02 Å². The maximum Gasteiger partial charge on any atom is 0.217 e. The molecule has 1 amide bonds. The van der Waals surface area contributed by atoms with Gasteiger partial charge < -0.3 is 10.5 Å². The predicted molar refractivity (Wildman–Crippen MR) is 88.2 cm³/mol. The van der Waals surface area contributed by atoms with Gasteiger partial charge in [0.25, 0.3) is 0 Å². The summed E-state index contributed by atoms with van der Waals surface area (Å²) in [5.41, 5.74) is 5.43. The number of halogens is 3. The summed E-state index contributed by atoms with van der Waals surface area (Å²) in [6.07, 6.45) is 0.280. The topological polar surface area (TPSA) is 52.3 Å². The first-order valence-corrected chi connectivity index (χ1v) is 7.61. The zero-order valence-corrected chi connectivity index (χ0v) is 13.8. The second-order valence-electron chi connectivity index (χ2n) is 4.38. The van der Waals surface area contributed by atoms with E-state index in [1.54, 1.807) is 24.3 Å². The minimum Gasteiger partial charge on any atom is -0.453 e. The van der Waals surface area contributed by atoms with Crippen LogP contribution in [0.5, 0.6) is 11.5 Å². The van der Waals surface area contributed by atoms with Gasteiger partial charge in [-0.3, -0.25) is 4.79 Å². The molecule has 0 radical (unpaired) electrons. The Labute approximate surface area is 140 Å². The van der Waals surface area contributed by atoms with Crippen molar-refractivity contribution in [1.29, 1.82) is 0 Å². The van der Waals surface area contributed by atoms with E-state index in [9.17, 15) is 9.18 Å².